The number of rotatable bonds is 6. The minimum atomic E-state index is -0.940. The van der Waals surface area contributed by atoms with Crippen molar-refractivity contribution < 1.29 is 23.9 Å². The van der Waals surface area contributed by atoms with Crippen molar-refractivity contribution in [1.82, 2.24) is 14.9 Å². The Kier molecular flexibility index (Phi) is 5.92. The van der Waals surface area contributed by atoms with Crippen LogP contribution >= 0.6 is 22.9 Å². The van der Waals surface area contributed by atoms with E-state index in [9.17, 15) is 18.8 Å². The van der Waals surface area contributed by atoms with Crippen molar-refractivity contribution in [3.63, 3.8) is 0 Å². The topological polar surface area (TPSA) is 115 Å². The van der Waals surface area contributed by atoms with Gasteiger partial charge in [-0.2, -0.15) is 0 Å². The van der Waals surface area contributed by atoms with E-state index in [4.69, 9.17) is 16.7 Å². The van der Waals surface area contributed by atoms with Crippen molar-refractivity contribution in [2.75, 3.05) is 11.9 Å². The number of thiazole rings is 1. The van der Waals surface area contributed by atoms with E-state index in [0.29, 0.717) is 41.2 Å². The molecule has 4 rings (SSSR count). The number of aromatic amines is 1. The zero-order valence-electron chi connectivity index (χ0n) is 16.2. The van der Waals surface area contributed by atoms with E-state index >= 15 is 0 Å². The number of carboxylic acids is 1. The summed E-state index contributed by atoms with van der Waals surface area (Å²) in [7, 11) is 0. The Labute approximate surface area is 185 Å². The van der Waals surface area contributed by atoms with E-state index in [1.807, 2.05) is 0 Å². The molecule has 162 valence electrons. The monoisotopic (exact) mass is 464 g/mol. The molecule has 3 aromatic rings. The summed E-state index contributed by atoms with van der Waals surface area (Å²) in [5.41, 5.74) is 1.61. The molecule has 11 heteroatoms. The standard InChI is InChI=1S/C20H18ClFN4O4S/c21-12-6-10(22)7-14-11(12)8-15(23-14)19(30)26-5-4-13-16(9-26)31-20(24-13)25-17(27)2-1-3-18(28)29/h6-8,23H,1-5,9H2,(H,28,29)(H,24,25,27). The SMILES string of the molecule is O=C(O)CCCC(=O)Nc1nc2c(s1)CN(C(=O)c1cc3c(Cl)cc(F)cc3[nH]1)CC2. The molecule has 2 aromatic heterocycles. The van der Waals surface area contributed by atoms with Crippen LogP contribution in [0.25, 0.3) is 10.9 Å². The lowest BCUT2D eigenvalue weighted by atomic mass is 10.1. The number of H-pyrrole nitrogens is 1. The number of anilines is 1. The van der Waals surface area contributed by atoms with Gasteiger partial charge in [-0.3, -0.25) is 14.4 Å². The lowest BCUT2D eigenvalue weighted by Gasteiger charge is -2.25. The second-order valence-electron chi connectivity index (χ2n) is 7.19. The van der Waals surface area contributed by atoms with Crippen LogP contribution in [0.4, 0.5) is 9.52 Å². The number of nitrogens with one attached hydrogen (secondary N) is 2. The highest BCUT2D eigenvalue weighted by Crippen LogP contribution is 2.30. The van der Waals surface area contributed by atoms with E-state index in [1.54, 1.807) is 11.0 Å². The van der Waals surface area contributed by atoms with Crippen LogP contribution in [0.3, 0.4) is 0 Å². The van der Waals surface area contributed by atoms with E-state index in [0.717, 1.165) is 10.6 Å². The second kappa shape index (κ2) is 8.64. The van der Waals surface area contributed by atoms with Crippen LogP contribution in [0.5, 0.6) is 0 Å². The minimum Gasteiger partial charge on any atom is -0.481 e. The number of nitrogens with zero attached hydrogens (tertiary/aromatic N) is 2. The van der Waals surface area contributed by atoms with E-state index < -0.39 is 11.8 Å². The maximum absolute atomic E-state index is 13.6. The van der Waals surface area contributed by atoms with Crippen molar-refractivity contribution in [3.05, 3.63) is 45.3 Å². The van der Waals surface area contributed by atoms with Crippen LogP contribution in [0.1, 0.15) is 40.3 Å². The van der Waals surface area contributed by atoms with Gasteiger partial charge in [0.2, 0.25) is 5.91 Å². The highest BCUT2D eigenvalue weighted by Gasteiger charge is 2.26. The third-order valence-corrected chi connectivity index (χ3v) is 6.25. The molecule has 0 saturated carbocycles. The first-order valence-corrected chi connectivity index (χ1v) is 10.8. The lowest BCUT2D eigenvalue weighted by molar-refractivity contribution is -0.137. The average molecular weight is 465 g/mol. The van der Waals surface area contributed by atoms with Gasteiger partial charge in [-0.25, -0.2) is 9.37 Å². The molecule has 0 atom stereocenters. The molecule has 0 spiro atoms. The summed E-state index contributed by atoms with van der Waals surface area (Å²) in [6.07, 6.45) is 0.837. The number of carbonyl (C=O) groups excluding carboxylic acids is 2. The quantitative estimate of drug-likeness (QED) is 0.513. The van der Waals surface area contributed by atoms with Gasteiger partial charge >= 0.3 is 5.97 Å². The van der Waals surface area contributed by atoms with Gasteiger partial charge in [0.1, 0.15) is 11.5 Å². The predicted octanol–water partition coefficient (Wildman–Crippen LogP) is 3.81. The summed E-state index contributed by atoms with van der Waals surface area (Å²) in [4.78, 5) is 45.3. The number of fused-ring (bicyclic) bond motifs is 2. The third kappa shape index (κ3) is 4.70. The number of halogens is 2. The first-order chi connectivity index (χ1) is 14.8. The number of carbonyl (C=O) groups is 3. The van der Waals surface area contributed by atoms with Gasteiger partial charge in [-0.1, -0.05) is 22.9 Å². The van der Waals surface area contributed by atoms with Crippen LogP contribution in [-0.4, -0.2) is 44.3 Å². The molecule has 1 aliphatic rings. The zero-order valence-corrected chi connectivity index (χ0v) is 17.8. The molecule has 0 radical (unpaired) electrons. The fraction of sp³-hybridized carbons (Fsp3) is 0.300. The lowest BCUT2D eigenvalue weighted by Crippen LogP contribution is -2.35. The first kappa shape index (κ1) is 21.3. The molecule has 31 heavy (non-hydrogen) atoms. The molecule has 0 bridgehead atoms. The Bertz CT molecular complexity index is 1190. The van der Waals surface area contributed by atoms with Crippen LogP contribution in [0.2, 0.25) is 5.02 Å². The summed E-state index contributed by atoms with van der Waals surface area (Å²) in [5, 5.41) is 12.6. The zero-order chi connectivity index (χ0) is 22.1. The van der Waals surface area contributed by atoms with Crippen molar-refractivity contribution in [3.8, 4) is 0 Å². The molecule has 0 aliphatic carbocycles. The van der Waals surface area contributed by atoms with E-state index in [-0.39, 0.29) is 36.1 Å². The van der Waals surface area contributed by atoms with E-state index in [1.165, 1.54) is 23.5 Å². The molecular weight excluding hydrogens is 447 g/mol. The molecule has 8 nitrogen and oxygen atoms in total. The normalized spacial score (nSPS) is 13.3. The Hall–Kier alpha value is -2.98. The fourth-order valence-electron chi connectivity index (χ4n) is 3.45. The van der Waals surface area contributed by atoms with Gasteiger partial charge in [-0.15, -0.1) is 0 Å². The molecular formula is C20H18ClFN4O4S. The molecule has 3 heterocycles. The predicted molar refractivity (Wildman–Crippen MR) is 114 cm³/mol. The summed E-state index contributed by atoms with van der Waals surface area (Å²) in [5.74, 6) is -1.94. The maximum atomic E-state index is 13.6. The second-order valence-corrected chi connectivity index (χ2v) is 8.68. The van der Waals surface area contributed by atoms with Gasteiger partial charge < -0.3 is 20.3 Å². The number of hydrogen-bond acceptors (Lipinski definition) is 5. The van der Waals surface area contributed by atoms with Crippen molar-refractivity contribution in [2.24, 2.45) is 0 Å². The largest absolute Gasteiger partial charge is 0.481 e. The molecule has 0 unspecified atom stereocenters. The molecule has 0 saturated heterocycles. The molecule has 1 aromatic carbocycles. The van der Waals surface area contributed by atoms with Gasteiger partial charge in [-0.05, 0) is 24.6 Å². The number of aromatic nitrogens is 2. The molecule has 0 fully saturated rings. The minimum absolute atomic E-state index is 0.0650. The van der Waals surface area contributed by atoms with Crippen molar-refractivity contribution >= 4 is 56.8 Å². The third-order valence-electron chi connectivity index (χ3n) is 4.94. The molecule has 2 amide bonds. The Morgan fingerprint density at radius 2 is 2.10 bits per heavy atom. The number of aliphatic carboxylic acids is 1. The van der Waals surface area contributed by atoms with Crippen LogP contribution in [0, 0.1) is 5.82 Å². The van der Waals surface area contributed by atoms with Crippen molar-refractivity contribution in [2.45, 2.75) is 32.2 Å². The highest BCUT2D eigenvalue weighted by atomic mass is 35.5. The number of carboxylic acid groups (broad SMARTS) is 1. The van der Waals surface area contributed by atoms with Gasteiger partial charge in [0, 0.05) is 36.1 Å². The average Bonchev–Trinajstić information content (AvgIpc) is 3.30. The van der Waals surface area contributed by atoms with Crippen LogP contribution in [0.15, 0.2) is 18.2 Å². The van der Waals surface area contributed by atoms with Crippen LogP contribution in [-0.2, 0) is 22.6 Å². The summed E-state index contributed by atoms with van der Waals surface area (Å²) in [6.45, 7) is 0.803. The summed E-state index contributed by atoms with van der Waals surface area (Å²) < 4.78 is 13.6. The van der Waals surface area contributed by atoms with Gasteiger partial charge in [0.05, 0.1) is 22.8 Å². The summed E-state index contributed by atoms with van der Waals surface area (Å²) in [6, 6.07) is 4.11. The van der Waals surface area contributed by atoms with Gasteiger partial charge in [0.15, 0.2) is 5.13 Å². The Morgan fingerprint density at radius 3 is 2.87 bits per heavy atom. The smallest absolute Gasteiger partial charge is 0.303 e. The van der Waals surface area contributed by atoms with Crippen LogP contribution < -0.4 is 5.32 Å². The van der Waals surface area contributed by atoms with Gasteiger partial charge in [0.25, 0.3) is 5.91 Å². The number of amides is 2. The Balaban J connectivity index is 1.43. The van der Waals surface area contributed by atoms with Crippen molar-refractivity contribution in [1.29, 1.82) is 0 Å². The number of hydrogen-bond donors (Lipinski definition) is 3. The highest BCUT2D eigenvalue weighted by molar-refractivity contribution is 7.15. The summed E-state index contributed by atoms with van der Waals surface area (Å²) >= 11 is 7.36. The number of benzene rings is 1. The molecule has 1 aliphatic heterocycles. The molecule has 3 N–H and O–H groups in total. The fourth-order valence-corrected chi connectivity index (χ4v) is 4.75. The first-order valence-electron chi connectivity index (χ1n) is 9.57. The van der Waals surface area contributed by atoms with E-state index in [2.05, 4.69) is 15.3 Å². The Morgan fingerprint density at radius 1 is 1.29 bits per heavy atom. The maximum Gasteiger partial charge on any atom is 0.303 e.